The molecule has 1 atom stereocenters. The van der Waals surface area contributed by atoms with Gasteiger partial charge in [-0.15, -0.1) is 0 Å². The Morgan fingerprint density at radius 1 is 1.50 bits per heavy atom. The van der Waals surface area contributed by atoms with Crippen molar-refractivity contribution in [2.75, 3.05) is 18.6 Å². The molecule has 86 valence electrons. The maximum absolute atomic E-state index is 11.8. The number of carbonyl (C=O) groups is 1. The number of carbonyl (C=O) groups excluding carboxylic acids is 1. The molecule has 1 amide bonds. The van der Waals surface area contributed by atoms with Gasteiger partial charge in [0, 0.05) is 24.3 Å². The smallest absolute Gasteiger partial charge is 0.228 e. The second-order valence-electron chi connectivity index (χ2n) is 4.01. The molecule has 3 nitrogen and oxygen atoms in total. The highest BCUT2D eigenvalue weighted by atomic mass is 32.1. The third-order valence-electron chi connectivity index (χ3n) is 2.81. The number of methoxy groups -OCH3 is 1. The van der Waals surface area contributed by atoms with Gasteiger partial charge in [-0.1, -0.05) is 6.07 Å². The quantitative estimate of drug-likeness (QED) is 0.798. The lowest BCUT2D eigenvalue weighted by Gasteiger charge is -2.19. The van der Waals surface area contributed by atoms with Crippen molar-refractivity contribution in [2.45, 2.75) is 18.6 Å². The van der Waals surface area contributed by atoms with Crippen LogP contribution in [0.1, 0.15) is 12.0 Å². The zero-order valence-corrected chi connectivity index (χ0v) is 10.3. The van der Waals surface area contributed by atoms with Crippen LogP contribution in [0.5, 0.6) is 5.75 Å². The fourth-order valence-corrected chi connectivity index (χ4v) is 2.25. The van der Waals surface area contributed by atoms with Crippen molar-refractivity contribution < 1.29 is 9.53 Å². The average Bonchev–Trinajstić information content (AvgIpc) is 2.58. The van der Waals surface area contributed by atoms with Gasteiger partial charge in [-0.2, -0.15) is 12.6 Å². The number of hydrogen-bond donors (Lipinski definition) is 1. The van der Waals surface area contributed by atoms with Crippen LogP contribution in [0, 0.1) is 6.92 Å². The average molecular weight is 237 g/mol. The van der Waals surface area contributed by atoms with Gasteiger partial charge in [0.25, 0.3) is 0 Å². The summed E-state index contributed by atoms with van der Waals surface area (Å²) < 4.78 is 5.17. The van der Waals surface area contributed by atoms with Gasteiger partial charge < -0.3 is 9.64 Å². The summed E-state index contributed by atoms with van der Waals surface area (Å²) in [4.78, 5) is 13.6. The third-order valence-corrected chi connectivity index (χ3v) is 3.16. The summed E-state index contributed by atoms with van der Waals surface area (Å²) in [6, 6.07) is 5.77. The Bertz CT molecular complexity index is 419. The van der Waals surface area contributed by atoms with Gasteiger partial charge in [0.05, 0.1) is 12.8 Å². The van der Waals surface area contributed by atoms with Crippen LogP contribution in [0.25, 0.3) is 0 Å². The van der Waals surface area contributed by atoms with Gasteiger partial charge in [0.2, 0.25) is 5.91 Å². The van der Waals surface area contributed by atoms with E-state index < -0.39 is 0 Å². The second kappa shape index (κ2) is 4.37. The number of benzene rings is 1. The van der Waals surface area contributed by atoms with Crippen LogP contribution in [0.2, 0.25) is 0 Å². The summed E-state index contributed by atoms with van der Waals surface area (Å²) >= 11 is 4.35. The molecule has 1 aromatic carbocycles. The van der Waals surface area contributed by atoms with Crippen LogP contribution in [0.3, 0.4) is 0 Å². The topological polar surface area (TPSA) is 29.5 Å². The molecule has 0 aliphatic carbocycles. The Labute approximate surface area is 101 Å². The normalized spacial score (nSPS) is 20.3. The third kappa shape index (κ3) is 2.02. The Morgan fingerprint density at radius 2 is 2.25 bits per heavy atom. The molecule has 1 saturated heterocycles. The molecule has 1 aliphatic rings. The molecule has 0 saturated carbocycles. The molecule has 0 aromatic heterocycles. The van der Waals surface area contributed by atoms with Crippen molar-refractivity contribution in [2.24, 2.45) is 0 Å². The van der Waals surface area contributed by atoms with Crippen molar-refractivity contribution in [1.29, 1.82) is 0 Å². The minimum atomic E-state index is 0.136. The van der Waals surface area contributed by atoms with Gasteiger partial charge in [0.15, 0.2) is 0 Å². The predicted molar refractivity (Wildman–Crippen MR) is 67.5 cm³/mol. The maximum atomic E-state index is 11.8. The molecule has 1 heterocycles. The molecule has 1 aliphatic heterocycles. The van der Waals surface area contributed by atoms with E-state index in [-0.39, 0.29) is 11.2 Å². The second-order valence-corrected chi connectivity index (χ2v) is 4.75. The Balaban J connectivity index is 2.35. The highest BCUT2D eigenvalue weighted by molar-refractivity contribution is 7.81. The van der Waals surface area contributed by atoms with Gasteiger partial charge in [-0.25, -0.2) is 0 Å². The molecule has 1 unspecified atom stereocenters. The van der Waals surface area contributed by atoms with Crippen molar-refractivity contribution in [3.05, 3.63) is 23.8 Å². The molecule has 0 N–H and O–H groups in total. The molecule has 4 heteroatoms. The van der Waals surface area contributed by atoms with Crippen LogP contribution in [0.15, 0.2) is 18.2 Å². The van der Waals surface area contributed by atoms with E-state index in [2.05, 4.69) is 12.6 Å². The number of anilines is 1. The Hall–Kier alpha value is -1.16. The number of amides is 1. The first kappa shape index (κ1) is 11.3. The maximum Gasteiger partial charge on any atom is 0.228 e. The first-order valence-corrected chi connectivity index (χ1v) is 5.76. The predicted octanol–water partition coefficient (Wildman–Crippen LogP) is 2.04. The summed E-state index contributed by atoms with van der Waals surface area (Å²) in [5.41, 5.74) is 2.01. The van der Waals surface area contributed by atoms with E-state index in [1.807, 2.05) is 25.1 Å². The van der Waals surface area contributed by atoms with Crippen LogP contribution in [-0.2, 0) is 4.79 Å². The van der Waals surface area contributed by atoms with Gasteiger partial charge in [-0.3, -0.25) is 4.79 Å². The molecule has 1 fully saturated rings. The molecule has 0 bridgehead atoms. The summed E-state index contributed by atoms with van der Waals surface area (Å²) in [5, 5.41) is 0.137. The summed E-state index contributed by atoms with van der Waals surface area (Å²) in [6.07, 6.45) is 0.514. The standard InChI is InChI=1S/C12H15NO2S/c1-8-3-4-9(15-2)5-11(8)13-7-10(16)6-12(13)14/h3-5,10,16H,6-7H2,1-2H3. The molecule has 16 heavy (non-hydrogen) atoms. The van der Waals surface area contributed by atoms with Crippen molar-refractivity contribution in [1.82, 2.24) is 0 Å². The van der Waals surface area contributed by atoms with E-state index in [1.165, 1.54) is 0 Å². The lowest BCUT2D eigenvalue weighted by Crippen LogP contribution is -2.25. The lowest BCUT2D eigenvalue weighted by molar-refractivity contribution is -0.117. The molecular formula is C12H15NO2S. The Morgan fingerprint density at radius 3 is 2.81 bits per heavy atom. The highest BCUT2D eigenvalue weighted by Crippen LogP contribution is 2.30. The number of thiol groups is 1. The fraction of sp³-hybridized carbons (Fsp3) is 0.417. The van der Waals surface area contributed by atoms with Gasteiger partial charge >= 0.3 is 0 Å². The fourth-order valence-electron chi connectivity index (χ4n) is 1.93. The molecule has 0 radical (unpaired) electrons. The zero-order valence-electron chi connectivity index (χ0n) is 9.43. The number of nitrogens with zero attached hydrogens (tertiary/aromatic N) is 1. The largest absolute Gasteiger partial charge is 0.497 e. The molecule has 1 aromatic rings. The van der Waals surface area contributed by atoms with Crippen molar-refractivity contribution >= 4 is 24.2 Å². The minimum absolute atomic E-state index is 0.136. The summed E-state index contributed by atoms with van der Waals surface area (Å²) in [6.45, 7) is 2.67. The van der Waals surface area contributed by atoms with E-state index in [0.717, 1.165) is 17.0 Å². The number of rotatable bonds is 2. The van der Waals surface area contributed by atoms with Crippen LogP contribution in [-0.4, -0.2) is 24.8 Å². The zero-order chi connectivity index (χ0) is 11.7. The van der Waals surface area contributed by atoms with Crippen molar-refractivity contribution in [3.8, 4) is 5.75 Å². The van der Waals surface area contributed by atoms with Crippen molar-refractivity contribution in [3.63, 3.8) is 0 Å². The summed E-state index contributed by atoms with van der Waals surface area (Å²) in [7, 11) is 1.63. The molecular weight excluding hydrogens is 222 g/mol. The molecule has 0 spiro atoms. The van der Waals surface area contributed by atoms with Crippen LogP contribution < -0.4 is 9.64 Å². The number of aryl methyl sites for hydroxylation is 1. The number of ether oxygens (including phenoxy) is 1. The highest BCUT2D eigenvalue weighted by Gasteiger charge is 2.29. The minimum Gasteiger partial charge on any atom is -0.497 e. The van der Waals surface area contributed by atoms with E-state index in [4.69, 9.17) is 4.74 Å². The van der Waals surface area contributed by atoms with E-state index >= 15 is 0 Å². The molecule has 2 rings (SSSR count). The lowest BCUT2D eigenvalue weighted by atomic mass is 10.1. The van der Waals surface area contributed by atoms with Crippen LogP contribution >= 0.6 is 12.6 Å². The van der Waals surface area contributed by atoms with E-state index in [1.54, 1.807) is 12.0 Å². The first-order chi connectivity index (χ1) is 7.61. The van der Waals surface area contributed by atoms with Crippen LogP contribution in [0.4, 0.5) is 5.69 Å². The van der Waals surface area contributed by atoms with Gasteiger partial charge in [-0.05, 0) is 18.6 Å². The monoisotopic (exact) mass is 237 g/mol. The summed E-state index contributed by atoms with van der Waals surface area (Å²) in [5.74, 6) is 0.910. The Kier molecular flexibility index (Phi) is 3.10. The number of hydrogen-bond acceptors (Lipinski definition) is 3. The SMILES string of the molecule is COc1ccc(C)c(N2CC(S)CC2=O)c1. The van der Waals surface area contributed by atoms with E-state index in [0.29, 0.717) is 13.0 Å². The van der Waals surface area contributed by atoms with Gasteiger partial charge in [0.1, 0.15) is 5.75 Å². The first-order valence-electron chi connectivity index (χ1n) is 5.25. The van der Waals surface area contributed by atoms with E-state index in [9.17, 15) is 4.79 Å².